The summed E-state index contributed by atoms with van der Waals surface area (Å²) in [6, 6.07) is 8.14. The Morgan fingerprint density at radius 2 is 1.86 bits per heavy atom. The Labute approximate surface area is 86.4 Å². The fourth-order valence-electron chi connectivity index (χ4n) is 1.44. The summed E-state index contributed by atoms with van der Waals surface area (Å²) in [5, 5.41) is 0. The van der Waals surface area contributed by atoms with Gasteiger partial charge in [-0.05, 0) is 42.2 Å². The zero-order valence-electron chi connectivity index (χ0n) is 9.13. The van der Waals surface area contributed by atoms with Gasteiger partial charge in [-0.25, -0.2) is 0 Å². The number of rotatable bonds is 4. The molecule has 1 nitrogen and oxygen atoms in total. The summed E-state index contributed by atoms with van der Waals surface area (Å²) in [6.45, 7) is 4.27. The standard InChI is InChI=1S/C13H17O/c1-4-6-11(5-2)12-7-9-13(14-3)10-8-12/h7-10H,4-5H2,1-3H3. The number of allylic oxidation sites excluding steroid dienone is 2. The summed E-state index contributed by atoms with van der Waals surface area (Å²) in [5.74, 6) is 0.903. The molecule has 0 bridgehead atoms. The van der Waals surface area contributed by atoms with E-state index in [4.69, 9.17) is 4.74 Å². The molecule has 0 fully saturated rings. The van der Waals surface area contributed by atoms with Gasteiger partial charge in [-0.2, -0.15) is 0 Å². The molecule has 75 valence electrons. The Morgan fingerprint density at radius 3 is 2.29 bits per heavy atom. The molecule has 1 heteroatoms. The summed E-state index contributed by atoms with van der Waals surface area (Å²) < 4.78 is 5.11. The Bertz CT molecular complexity index is 296. The minimum atomic E-state index is 0.903. The summed E-state index contributed by atoms with van der Waals surface area (Å²) in [5.41, 5.74) is 2.53. The van der Waals surface area contributed by atoms with Gasteiger partial charge in [0.2, 0.25) is 0 Å². The number of benzene rings is 1. The van der Waals surface area contributed by atoms with Crippen LogP contribution in [0, 0.1) is 6.08 Å². The molecule has 0 spiro atoms. The second-order valence-electron chi connectivity index (χ2n) is 3.09. The molecule has 1 aromatic rings. The third kappa shape index (κ3) is 2.63. The summed E-state index contributed by atoms with van der Waals surface area (Å²) in [6.07, 6.45) is 5.36. The molecule has 0 aliphatic heterocycles. The monoisotopic (exact) mass is 189 g/mol. The number of ether oxygens (including phenoxy) is 1. The fraction of sp³-hybridized carbons (Fsp3) is 0.385. The van der Waals surface area contributed by atoms with Gasteiger partial charge in [-0.15, -0.1) is 0 Å². The lowest BCUT2D eigenvalue weighted by Gasteiger charge is -2.05. The number of hydrogen-bond donors (Lipinski definition) is 0. The lowest BCUT2D eigenvalue weighted by atomic mass is 10.0. The average molecular weight is 189 g/mol. The Hall–Kier alpha value is -1.24. The lowest BCUT2D eigenvalue weighted by Crippen LogP contribution is -1.85. The van der Waals surface area contributed by atoms with Crippen molar-refractivity contribution in [3.63, 3.8) is 0 Å². The van der Waals surface area contributed by atoms with Gasteiger partial charge in [-0.3, -0.25) is 0 Å². The largest absolute Gasteiger partial charge is 0.497 e. The third-order valence-electron chi connectivity index (χ3n) is 2.18. The van der Waals surface area contributed by atoms with E-state index in [0.29, 0.717) is 0 Å². The predicted molar refractivity (Wildman–Crippen MR) is 60.2 cm³/mol. The Morgan fingerprint density at radius 1 is 1.21 bits per heavy atom. The molecule has 0 atom stereocenters. The van der Waals surface area contributed by atoms with Crippen molar-refractivity contribution in [3.05, 3.63) is 35.9 Å². The molecule has 1 rings (SSSR count). The van der Waals surface area contributed by atoms with Crippen LogP contribution in [0.5, 0.6) is 5.75 Å². The summed E-state index contributed by atoms with van der Waals surface area (Å²) >= 11 is 0. The molecule has 0 saturated carbocycles. The highest BCUT2D eigenvalue weighted by atomic mass is 16.5. The second-order valence-corrected chi connectivity index (χ2v) is 3.09. The first-order chi connectivity index (χ1) is 6.81. The van der Waals surface area contributed by atoms with Crippen LogP contribution in [0.1, 0.15) is 32.3 Å². The topological polar surface area (TPSA) is 9.23 Å². The molecule has 0 saturated heterocycles. The first-order valence-corrected chi connectivity index (χ1v) is 5.06. The quantitative estimate of drug-likeness (QED) is 0.701. The second kappa shape index (κ2) is 5.48. The third-order valence-corrected chi connectivity index (χ3v) is 2.18. The predicted octanol–water partition coefficient (Wildman–Crippen LogP) is 3.70. The smallest absolute Gasteiger partial charge is 0.118 e. The molecule has 0 unspecified atom stereocenters. The summed E-state index contributed by atoms with van der Waals surface area (Å²) in [7, 11) is 1.68. The number of hydrogen-bond acceptors (Lipinski definition) is 1. The number of methoxy groups -OCH3 is 1. The lowest BCUT2D eigenvalue weighted by molar-refractivity contribution is 0.415. The van der Waals surface area contributed by atoms with E-state index >= 15 is 0 Å². The molecule has 0 N–H and O–H groups in total. The van der Waals surface area contributed by atoms with Crippen molar-refractivity contribution in [1.29, 1.82) is 0 Å². The highest BCUT2D eigenvalue weighted by molar-refractivity contribution is 5.63. The molecule has 0 aromatic heterocycles. The van der Waals surface area contributed by atoms with Gasteiger partial charge in [-0.1, -0.05) is 26.0 Å². The molecule has 1 aromatic carbocycles. The molecule has 0 amide bonds. The first kappa shape index (κ1) is 10.8. The van der Waals surface area contributed by atoms with Gasteiger partial charge in [0, 0.05) is 0 Å². The highest BCUT2D eigenvalue weighted by Crippen LogP contribution is 2.20. The van der Waals surface area contributed by atoms with Crippen LogP contribution >= 0.6 is 0 Å². The van der Waals surface area contributed by atoms with Gasteiger partial charge in [0.25, 0.3) is 0 Å². The van der Waals surface area contributed by atoms with Gasteiger partial charge < -0.3 is 4.74 Å². The Kier molecular flexibility index (Phi) is 4.24. The SMILES string of the molecule is CC/[C]=C(/CC)c1ccc(OC)cc1. The van der Waals surface area contributed by atoms with Gasteiger partial charge in [0.05, 0.1) is 7.11 Å². The molecular weight excluding hydrogens is 172 g/mol. The van der Waals surface area contributed by atoms with E-state index in [2.05, 4.69) is 32.1 Å². The van der Waals surface area contributed by atoms with Gasteiger partial charge in [0.1, 0.15) is 5.75 Å². The maximum atomic E-state index is 5.11. The molecule has 1 radical (unpaired) electrons. The van der Waals surface area contributed by atoms with Crippen LogP contribution in [0.2, 0.25) is 0 Å². The maximum absolute atomic E-state index is 5.11. The molecule has 0 aliphatic carbocycles. The van der Waals surface area contributed by atoms with E-state index in [1.807, 2.05) is 12.1 Å². The van der Waals surface area contributed by atoms with Crippen molar-refractivity contribution in [1.82, 2.24) is 0 Å². The van der Waals surface area contributed by atoms with Crippen molar-refractivity contribution < 1.29 is 4.74 Å². The zero-order chi connectivity index (χ0) is 10.4. The molecule has 0 aliphatic rings. The van der Waals surface area contributed by atoms with Crippen LogP contribution in [0.3, 0.4) is 0 Å². The van der Waals surface area contributed by atoms with Crippen LogP contribution in [0.25, 0.3) is 5.57 Å². The average Bonchev–Trinajstić information content (AvgIpc) is 2.26. The van der Waals surface area contributed by atoms with E-state index < -0.39 is 0 Å². The van der Waals surface area contributed by atoms with Crippen LogP contribution < -0.4 is 4.74 Å². The van der Waals surface area contributed by atoms with Crippen molar-refractivity contribution >= 4 is 5.57 Å². The van der Waals surface area contributed by atoms with Gasteiger partial charge >= 0.3 is 0 Å². The van der Waals surface area contributed by atoms with E-state index in [1.165, 1.54) is 11.1 Å². The minimum absolute atomic E-state index is 0.903. The first-order valence-electron chi connectivity index (χ1n) is 5.06. The van der Waals surface area contributed by atoms with Crippen molar-refractivity contribution in [2.45, 2.75) is 26.7 Å². The van der Waals surface area contributed by atoms with E-state index in [1.54, 1.807) is 7.11 Å². The zero-order valence-corrected chi connectivity index (χ0v) is 9.13. The van der Waals surface area contributed by atoms with Crippen LogP contribution in [-0.4, -0.2) is 7.11 Å². The Balaban J connectivity index is 2.89. The van der Waals surface area contributed by atoms with Crippen LogP contribution in [-0.2, 0) is 0 Å². The molecule has 14 heavy (non-hydrogen) atoms. The van der Waals surface area contributed by atoms with E-state index in [-0.39, 0.29) is 0 Å². The van der Waals surface area contributed by atoms with Crippen molar-refractivity contribution in [2.24, 2.45) is 0 Å². The van der Waals surface area contributed by atoms with Crippen molar-refractivity contribution in [3.8, 4) is 5.75 Å². The minimum Gasteiger partial charge on any atom is -0.497 e. The molecular formula is C13H17O. The van der Waals surface area contributed by atoms with Gasteiger partial charge in [0.15, 0.2) is 0 Å². The van der Waals surface area contributed by atoms with E-state index in [0.717, 1.165) is 18.6 Å². The molecule has 0 heterocycles. The fourth-order valence-corrected chi connectivity index (χ4v) is 1.44. The van der Waals surface area contributed by atoms with E-state index in [9.17, 15) is 0 Å². The van der Waals surface area contributed by atoms with Crippen LogP contribution in [0.15, 0.2) is 24.3 Å². The summed E-state index contributed by atoms with van der Waals surface area (Å²) in [4.78, 5) is 0. The maximum Gasteiger partial charge on any atom is 0.118 e. The normalized spacial score (nSPS) is 11.5. The van der Waals surface area contributed by atoms with Crippen LogP contribution in [0.4, 0.5) is 0 Å². The van der Waals surface area contributed by atoms with Crippen molar-refractivity contribution in [2.75, 3.05) is 7.11 Å². The highest BCUT2D eigenvalue weighted by Gasteiger charge is 1.98.